The van der Waals surface area contributed by atoms with Crippen LogP contribution in [0, 0.1) is 6.92 Å². The SMILES string of the molecule is Cc1ccc(S(=O)(=O)NC(=O)N2CCn3c2nc(N(C)C)nc3=O)cc1. The van der Waals surface area contributed by atoms with Crippen molar-refractivity contribution in [3.63, 3.8) is 0 Å². The van der Waals surface area contributed by atoms with Crippen LogP contribution in [0.3, 0.4) is 0 Å². The zero-order chi connectivity index (χ0) is 19.1. The monoisotopic (exact) mass is 378 g/mol. The number of aromatic nitrogens is 3. The predicted octanol–water partition coefficient (Wildman–Crippen LogP) is -0.0688. The van der Waals surface area contributed by atoms with Crippen molar-refractivity contribution in [2.24, 2.45) is 0 Å². The molecule has 2 heterocycles. The van der Waals surface area contributed by atoms with E-state index in [0.29, 0.717) is 0 Å². The molecule has 10 nitrogen and oxygen atoms in total. The zero-order valence-electron chi connectivity index (χ0n) is 14.5. The molecule has 2 aromatic rings. The number of anilines is 2. The molecule has 26 heavy (non-hydrogen) atoms. The molecule has 1 aromatic carbocycles. The van der Waals surface area contributed by atoms with E-state index < -0.39 is 21.7 Å². The van der Waals surface area contributed by atoms with Crippen LogP contribution in [0.1, 0.15) is 5.56 Å². The first-order valence-corrected chi connectivity index (χ1v) is 9.24. The highest BCUT2D eigenvalue weighted by Gasteiger charge is 2.31. The number of sulfonamides is 1. The van der Waals surface area contributed by atoms with Crippen molar-refractivity contribution >= 4 is 28.0 Å². The Morgan fingerprint density at radius 2 is 1.81 bits per heavy atom. The summed E-state index contributed by atoms with van der Waals surface area (Å²) in [5.74, 6) is 0.202. The molecule has 0 atom stereocenters. The number of nitrogens with zero attached hydrogens (tertiary/aromatic N) is 5. The van der Waals surface area contributed by atoms with Gasteiger partial charge >= 0.3 is 11.7 Å². The van der Waals surface area contributed by atoms with Crippen LogP contribution in [-0.4, -0.2) is 49.6 Å². The zero-order valence-corrected chi connectivity index (χ0v) is 15.3. The second kappa shape index (κ2) is 6.41. The predicted molar refractivity (Wildman–Crippen MR) is 94.9 cm³/mol. The Morgan fingerprint density at radius 1 is 1.15 bits per heavy atom. The smallest absolute Gasteiger partial charge is 0.347 e. The summed E-state index contributed by atoms with van der Waals surface area (Å²) in [6.07, 6.45) is 0. The first-order chi connectivity index (χ1) is 12.2. The second-order valence-corrected chi connectivity index (χ2v) is 7.71. The summed E-state index contributed by atoms with van der Waals surface area (Å²) in [6.45, 7) is 2.14. The number of amides is 2. The van der Waals surface area contributed by atoms with Crippen molar-refractivity contribution in [2.75, 3.05) is 30.4 Å². The molecule has 0 fully saturated rings. The maximum atomic E-state index is 12.5. The van der Waals surface area contributed by atoms with Crippen LogP contribution in [-0.2, 0) is 16.6 Å². The van der Waals surface area contributed by atoms with Crippen molar-refractivity contribution in [1.82, 2.24) is 19.3 Å². The molecule has 0 bridgehead atoms. The largest absolute Gasteiger partial charge is 0.353 e. The number of rotatable bonds is 3. The Kier molecular flexibility index (Phi) is 4.40. The highest BCUT2D eigenvalue weighted by molar-refractivity contribution is 7.90. The second-order valence-electron chi connectivity index (χ2n) is 6.03. The fourth-order valence-electron chi connectivity index (χ4n) is 2.45. The van der Waals surface area contributed by atoms with Crippen LogP contribution in [0.15, 0.2) is 34.0 Å². The van der Waals surface area contributed by atoms with Gasteiger partial charge in [-0.1, -0.05) is 17.7 Å². The molecule has 0 unspecified atom stereocenters. The van der Waals surface area contributed by atoms with Gasteiger partial charge in [-0.25, -0.2) is 22.7 Å². The number of hydrogen-bond donors (Lipinski definition) is 1. The molecule has 3 rings (SSSR count). The normalized spacial score (nSPS) is 13.4. The molecule has 1 aromatic heterocycles. The van der Waals surface area contributed by atoms with E-state index >= 15 is 0 Å². The minimum Gasteiger partial charge on any atom is -0.347 e. The fourth-order valence-corrected chi connectivity index (χ4v) is 3.40. The number of hydrogen-bond acceptors (Lipinski definition) is 7. The quantitative estimate of drug-likeness (QED) is 0.794. The first-order valence-electron chi connectivity index (χ1n) is 7.76. The molecule has 11 heteroatoms. The van der Waals surface area contributed by atoms with E-state index in [2.05, 4.69) is 9.97 Å². The van der Waals surface area contributed by atoms with Gasteiger partial charge in [0.1, 0.15) is 0 Å². The summed E-state index contributed by atoms with van der Waals surface area (Å²) in [5.41, 5.74) is 0.353. The summed E-state index contributed by atoms with van der Waals surface area (Å²) in [4.78, 5) is 35.2. The first kappa shape index (κ1) is 17.9. The summed E-state index contributed by atoms with van der Waals surface area (Å²) < 4.78 is 28.0. The van der Waals surface area contributed by atoms with E-state index in [1.807, 2.05) is 11.6 Å². The van der Waals surface area contributed by atoms with Crippen LogP contribution in [0.25, 0.3) is 0 Å². The summed E-state index contributed by atoms with van der Waals surface area (Å²) in [7, 11) is -0.716. The molecule has 0 aliphatic carbocycles. The highest BCUT2D eigenvalue weighted by Crippen LogP contribution is 2.19. The highest BCUT2D eigenvalue weighted by atomic mass is 32.2. The van der Waals surface area contributed by atoms with Crippen LogP contribution in [0.2, 0.25) is 0 Å². The van der Waals surface area contributed by atoms with Gasteiger partial charge in [-0.3, -0.25) is 9.47 Å². The van der Waals surface area contributed by atoms with E-state index in [4.69, 9.17) is 0 Å². The maximum absolute atomic E-state index is 12.5. The average Bonchev–Trinajstić information content (AvgIpc) is 2.99. The molecule has 138 valence electrons. The third kappa shape index (κ3) is 3.25. The molecule has 2 amide bonds. The lowest BCUT2D eigenvalue weighted by molar-refractivity contribution is 0.251. The number of nitrogens with one attached hydrogen (secondary N) is 1. The van der Waals surface area contributed by atoms with Crippen LogP contribution in [0.4, 0.5) is 16.7 Å². The van der Waals surface area contributed by atoms with E-state index in [9.17, 15) is 18.0 Å². The molecule has 0 saturated carbocycles. The van der Waals surface area contributed by atoms with Crippen molar-refractivity contribution in [3.8, 4) is 0 Å². The van der Waals surface area contributed by atoms with Gasteiger partial charge in [0, 0.05) is 27.2 Å². The number of carbonyl (C=O) groups excluding carboxylic acids is 1. The van der Waals surface area contributed by atoms with Crippen molar-refractivity contribution < 1.29 is 13.2 Å². The van der Waals surface area contributed by atoms with Gasteiger partial charge in [0.25, 0.3) is 10.0 Å². The van der Waals surface area contributed by atoms with Gasteiger partial charge in [-0.2, -0.15) is 9.97 Å². The molecule has 1 aliphatic heterocycles. The Balaban J connectivity index is 1.89. The Bertz CT molecular complexity index is 1010. The number of aryl methyl sites for hydroxylation is 1. The number of benzene rings is 1. The molecule has 0 radical (unpaired) electrons. The summed E-state index contributed by atoms with van der Waals surface area (Å²) in [6, 6.07) is 5.24. The third-order valence-corrected chi connectivity index (χ3v) is 5.19. The molecular weight excluding hydrogens is 360 g/mol. The Morgan fingerprint density at radius 3 is 2.42 bits per heavy atom. The third-order valence-electron chi connectivity index (χ3n) is 3.85. The summed E-state index contributed by atoms with van der Waals surface area (Å²) >= 11 is 0. The van der Waals surface area contributed by atoms with Gasteiger partial charge in [0.2, 0.25) is 11.9 Å². The van der Waals surface area contributed by atoms with E-state index in [1.165, 1.54) is 21.6 Å². The molecule has 1 aliphatic rings. The van der Waals surface area contributed by atoms with Crippen LogP contribution in [0.5, 0.6) is 0 Å². The van der Waals surface area contributed by atoms with Crippen LogP contribution < -0.4 is 20.2 Å². The van der Waals surface area contributed by atoms with Crippen LogP contribution >= 0.6 is 0 Å². The number of carbonyl (C=O) groups is 1. The molecular formula is C15H18N6O4S. The Labute approximate surface area is 150 Å². The van der Waals surface area contributed by atoms with E-state index in [1.54, 1.807) is 26.2 Å². The van der Waals surface area contributed by atoms with Crippen molar-refractivity contribution in [2.45, 2.75) is 18.4 Å². The maximum Gasteiger partial charge on any atom is 0.353 e. The standard InChI is InChI=1S/C15H18N6O4S/c1-10-4-6-11(7-5-10)26(24,25)18-15(23)21-9-8-20-13(21)16-12(19(2)3)17-14(20)22/h4-7H,8-9H2,1-3H3,(H,18,23). The lowest BCUT2D eigenvalue weighted by Gasteiger charge is -2.17. The van der Waals surface area contributed by atoms with Gasteiger partial charge in [0.05, 0.1) is 4.90 Å². The lowest BCUT2D eigenvalue weighted by Crippen LogP contribution is -2.42. The number of urea groups is 1. The fraction of sp³-hybridized carbons (Fsp3) is 0.333. The lowest BCUT2D eigenvalue weighted by atomic mass is 10.2. The average molecular weight is 378 g/mol. The van der Waals surface area contributed by atoms with Crippen molar-refractivity contribution in [3.05, 3.63) is 40.3 Å². The Hall–Kier alpha value is -2.95. The number of fused-ring (bicyclic) bond motifs is 1. The van der Waals surface area contributed by atoms with Gasteiger partial charge in [0.15, 0.2) is 0 Å². The molecule has 1 N–H and O–H groups in total. The summed E-state index contributed by atoms with van der Waals surface area (Å²) in [5, 5.41) is 0. The van der Waals surface area contributed by atoms with E-state index in [-0.39, 0.29) is 29.9 Å². The molecule has 0 saturated heterocycles. The van der Waals surface area contributed by atoms with Gasteiger partial charge in [-0.15, -0.1) is 0 Å². The van der Waals surface area contributed by atoms with E-state index in [0.717, 1.165) is 10.5 Å². The molecule has 0 spiro atoms. The topological polar surface area (TPSA) is 118 Å². The van der Waals surface area contributed by atoms with Crippen molar-refractivity contribution in [1.29, 1.82) is 0 Å². The minimum atomic E-state index is -4.04. The minimum absolute atomic E-state index is 0.0234. The van der Waals surface area contributed by atoms with Gasteiger partial charge < -0.3 is 4.90 Å². The van der Waals surface area contributed by atoms with Gasteiger partial charge in [-0.05, 0) is 19.1 Å².